The SMILES string of the molecule is CCCC(C)C(=O)O.CCCC(C)C(=O)O.COCCC(C)C(=O)O.[C-]#[O+]. The zero-order valence-corrected chi connectivity index (χ0v) is 17.4. The van der Waals surface area contributed by atoms with E-state index in [1.165, 1.54) is 0 Å². The van der Waals surface area contributed by atoms with Crippen molar-refractivity contribution >= 4 is 17.9 Å². The van der Waals surface area contributed by atoms with E-state index in [0.29, 0.717) is 13.0 Å². The third kappa shape index (κ3) is 29.1. The molecule has 0 aromatic rings. The molecule has 0 heterocycles. The van der Waals surface area contributed by atoms with E-state index in [1.54, 1.807) is 27.9 Å². The van der Waals surface area contributed by atoms with Crippen LogP contribution in [0.5, 0.6) is 0 Å². The molecule has 0 aliphatic rings. The normalized spacial score (nSPS) is 12.3. The Balaban J connectivity index is -0.000000140. The Labute approximate surface area is 162 Å². The van der Waals surface area contributed by atoms with E-state index in [4.69, 9.17) is 24.7 Å². The van der Waals surface area contributed by atoms with Crippen molar-refractivity contribution in [2.45, 2.75) is 66.7 Å². The molecule has 0 bridgehead atoms. The molecule has 27 heavy (non-hydrogen) atoms. The van der Waals surface area contributed by atoms with Crippen molar-refractivity contribution in [2.75, 3.05) is 13.7 Å². The van der Waals surface area contributed by atoms with Gasteiger partial charge < -0.3 is 20.1 Å². The minimum absolute atomic E-state index is 0.167. The third-order valence-electron chi connectivity index (χ3n) is 3.46. The Morgan fingerprint density at radius 2 is 1.04 bits per heavy atom. The van der Waals surface area contributed by atoms with E-state index in [1.807, 2.05) is 13.8 Å². The summed E-state index contributed by atoms with van der Waals surface area (Å²) in [5.74, 6) is -2.75. The Bertz CT molecular complexity index is 370. The van der Waals surface area contributed by atoms with E-state index >= 15 is 0 Å². The van der Waals surface area contributed by atoms with Crippen LogP contribution in [0.4, 0.5) is 0 Å². The summed E-state index contributed by atoms with van der Waals surface area (Å²) in [6, 6.07) is 0. The van der Waals surface area contributed by atoms with Gasteiger partial charge in [0.05, 0.1) is 17.8 Å². The maximum atomic E-state index is 10.1. The van der Waals surface area contributed by atoms with E-state index in [-0.39, 0.29) is 17.8 Å². The van der Waals surface area contributed by atoms with Crippen LogP contribution in [-0.2, 0) is 23.8 Å². The summed E-state index contributed by atoms with van der Waals surface area (Å²) in [4.78, 5) is 30.3. The van der Waals surface area contributed by atoms with Gasteiger partial charge in [-0.2, -0.15) is 0 Å². The molecular formula is C19H36O8. The molecular weight excluding hydrogens is 356 g/mol. The molecule has 3 N–H and O–H groups in total. The number of hydrogen-bond acceptors (Lipinski definition) is 4. The number of aliphatic carboxylic acids is 3. The van der Waals surface area contributed by atoms with Crippen LogP contribution in [0.3, 0.4) is 0 Å². The van der Waals surface area contributed by atoms with E-state index in [0.717, 1.165) is 25.7 Å². The molecule has 0 spiro atoms. The Kier molecular flexibility index (Phi) is 29.2. The monoisotopic (exact) mass is 392 g/mol. The standard InChI is InChI=1S/C6H12O3.2C6H12O2.CO/c1-5(6(7)8)3-4-9-2;2*1-3-4-5(2)6(7)8;1-2/h5H,3-4H2,1-2H3,(H,7,8);2*5H,3-4H2,1-2H3,(H,7,8);. The summed E-state index contributed by atoms with van der Waals surface area (Å²) in [5.41, 5.74) is 0. The van der Waals surface area contributed by atoms with Gasteiger partial charge in [0, 0.05) is 13.7 Å². The van der Waals surface area contributed by atoms with Gasteiger partial charge in [-0.1, -0.05) is 47.5 Å². The van der Waals surface area contributed by atoms with Crippen LogP contribution in [0.25, 0.3) is 0 Å². The van der Waals surface area contributed by atoms with E-state index < -0.39 is 17.9 Å². The predicted octanol–water partition coefficient (Wildman–Crippen LogP) is 3.72. The number of carbonyl (C=O) groups is 3. The second-order valence-electron chi connectivity index (χ2n) is 6.08. The third-order valence-corrected chi connectivity index (χ3v) is 3.46. The number of carboxylic acids is 3. The molecule has 3 unspecified atom stereocenters. The fraction of sp³-hybridized carbons (Fsp3) is 0.789. The fourth-order valence-corrected chi connectivity index (χ4v) is 1.53. The van der Waals surface area contributed by atoms with Crippen molar-refractivity contribution in [3.8, 4) is 0 Å². The van der Waals surface area contributed by atoms with Gasteiger partial charge in [-0.3, -0.25) is 14.4 Å². The summed E-state index contributed by atoms with van der Waals surface area (Å²) in [5, 5.41) is 25.0. The molecule has 0 aliphatic carbocycles. The van der Waals surface area contributed by atoms with Crippen LogP contribution in [0.1, 0.15) is 66.7 Å². The minimum atomic E-state index is -0.757. The number of ether oxygens (including phenoxy) is 1. The summed E-state index contributed by atoms with van der Waals surface area (Å²) in [7, 11) is 1.56. The van der Waals surface area contributed by atoms with Gasteiger partial charge in [0.1, 0.15) is 0 Å². The fourth-order valence-electron chi connectivity index (χ4n) is 1.53. The zero-order chi connectivity index (χ0) is 22.4. The average molecular weight is 392 g/mol. The van der Waals surface area contributed by atoms with Crippen LogP contribution in [0.2, 0.25) is 0 Å². The zero-order valence-electron chi connectivity index (χ0n) is 17.4. The first-order valence-electron chi connectivity index (χ1n) is 8.92. The van der Waals surface area contributed by atoms with Gasteiger partial charge in [0.25, 0.3) is 0 Å². The molecule has 0 aromatic carbocycles. The van der Waals surface area contributed by atoms with Crippen LogP contribution < -0.4 is 0 Å². The molecule has 0 fully saturated rings. The van der Waals surface area contributed by atoms with Crippen molar-refractivity contribution < 1.29 is 39.1 Å². The van der Waals surface area contributed by atoms with Gasteiger partial charge >= 0.3 is 29.2 Å². The number of carboxylic acid groups (broad SMARTS) is 3. The Morgan fingerprint density at radius 3 is 1.19 bits per heavy atom. The summed E-state index contributed by atoms with van der Waals surface area (Å²) in [6.45, 7) is 14.1. The maximum absolute atomic E-state index is 10.1. The number of hydrogen-bond donors (Lipinski definition) is 3. The van der Waals surface area contributed by atoms with Crippen molar-refractivity contribution in [1.29, 1.82) is 0 Å². The van der Waals surface area contributed by atoms with E-state index in [9.17, 15) is 14.4 Å². The number of rotatable bonds is 10. The molecule has 160 valence electrons. The first-order chi connectivity index (χ1) is 12.5. The van der Waals surface area contributed by atoms with Crippen molar-refractivity contribution in [1.82, 2.24) is 0 Å². The summed E-state index contributed by atoms with van der Waals surface area (Å²) in [6.07, 6.45) is 4.07. The second kappa shape index (κ2) is 24.1. The van der Waals surface area contributed by atoms with Gasteiger partial charge in [-0.25, -0.2) is 0 Å². The summed E-state index contributed by atoms with van der Waals surface area (Å²) < 4.78 is 12.2. The second-order valence-corrected chi connectivity index (χ2v) is 6.08. The quantitative estimate of drug-likeness (QED) is 0.380. The molecule has 0 radical (unpaired) electrons. The van der Waals surface area contributed by atoms with Gasteiger partial charge in [0.2, 0.25) is 0 Å². The van der Waals surface area contributed by atoms with Gasteiger partial charge in [-0.15, -0.1) is 0 Å². The topological polar surface area (TPSA) is 141 Å². The average Bonchev–Trinajstić information content (AvgIpc) is 2.62. The first kappa shape index (κ1) is 32.8. The number of methoxy groups -OCH3 is 1. The Hall–Kier alpha value is -1.89. The molecule has 0 aliphatic heterocycles. The van der Waals surface area contributed by atoms with Crippen LogP contribution in [0.15, 0.2) is 0 Å². The molecule has 8 heteroatoms. The van der Waals surface area contributed by atoms with Crippen LogP contribution in [-0.4, -0.2) is 46.9 Å². The van der Waals surface area contributed by atoms with Crippen LogP contribution >= 0.6 is 0 Å². The molecule has 8 nitrogen and oxygen atoms in total. The van der Waals surface area contributed by atoms with Crippen molar-refractivity contribution in [2.24, 2.45) is 17.8 Å². The molecule has 0 rings (SSSR count). The molecule has 3 atom stereocenters. The van der Waals surface area contributed by atoms with Crippen molar-refractivity contribution in [3.05, 3.63) is 6.65 Å². The molecule has 0 saturated heterocycles. The molecule has 0 saturated carbocycles. The van der Waals surface area contributed by atoms with Crippen molar-refractivity contribution in [3.63, 3.8) is 0 Å². The van der Waals surface area contributed by atoms with Crippen LogP contribution in [0, 0.1) is 24.4 Å². The molecule has 0 aromatic heterocycles. The Morgan fingerprint density at radius 1 is 0.778 bits per heavy atom. The summed E-state index contributed by atoms with van der Waals surface area (Å²) >= 11 is 0. The predicted molar refractivity (Wildman–Crippen MR) is 101 cm³/mol. The van der Waals surface area contributed by atoms with Gasteiger partial charge in [-0.05, 0) is 19.3 Å². The van der Waals surface area contributed by atoms with Gasteiger partial charge in [0.15, 0.2) is 0 Å². The first-order valence-corrected chi connectivity index (χ1v) is 8.92. The van der Waals surface area contributed by atoms with E-state index in [2.05, 4.69) is 6.65 Å². The molecule has 0 amide bonds.